The van der Waals surface area contributed by atoms with Crippen LogP contribution in [-0.2, 0) is 6.18 Å². The molecule has 7 heteroatoms. The van der Waals surface area contributed by atoms with Crippen LogP contribution in [0, 0.1) is 0 Å². The van der Waals surface area contributed by atoms with Crippen LogP contribution in [0.1, 0.15) is 11.1 Å². The number of hydrogen-bond donors (Lipinski definition) is 2. The fourth-order valence-corrected chi connectivity index (χ4v) is 1.75. The first-order chi connectivity index (χ1) is 9.38. The minimum atomic E-state index is -4.35. The number of thiocarbonyl (C=S) groups is 1. The van der Waals surface area contributed by atoms with Gasteiger partial charge in [-0.3, -0.25) is 0 Å². The number of nitrogens with zero attached hydrogens (tertiary/aromatic N) is 1. The van der Waals surface area contributed by atoms with Crippen molar-refractivity contribution in [3.8, 4) is 0 Å². The SMILES string of the molecule is NC(=S)c1cccnc1Nc1ccc(C(F)(F)F)cc1. The molecule has 1 aromatic carbocycles. The average Bonchev–Trinajstić information content (AvgIpc) is 2.38. The second kappa shape index (κ2) is 5.46. The van der Waals surface area contributed by atoms with Gasteiger partial charge in [0.05, 0.1) is 11.1 Å². The minimum Gasteiger partial charge on any atom is -0.389 e. The number of halogens is 3. The number of benzene rings is 1. The number of rotatable bonds is 3. The molecule has 0 fully saturated rings. The minimum absolute atomic E-state index is 0.160. The smallest absolute Gasteiger partial charge is 0.389 e. The zero-order valence-corrected chi connectivity index (χ0v) is 10.9. The molecule has 1 aromatic heterocycles. The number of pyridine rings is 1. The van der Waals surface area contributed by atoms with E-state index in [1.54, 1.807) is 12.1 Å². The van der Waals surface area contributed by atoms with E-state index in [1.807, 2.05) is 0 Å². The van der Waals surface area contributed by atoms with Crippen LogP contribution in [0.15, 0.2) is 42.6 Å². The lowest BCUT2D eigenvalue weighted by Gasteiger charge is -2.11. The molecule has 104 valence electrons. The molecule has 0 saturated carbocycles. The second-order valence-electron chi connectivity index (χ2n) is 3.96. The summed E-state index contributed by atoms with van der Waals surface area (Å²) in [7, 11) is 0. The van der Waals surface area contributed by atoms with E-state index in [0.717, 1.165) is 12.1 Å². The van der Waals surface area contributed by atoms with Gasteiger partial charge in [0.25, 0.3) is 0 Å². The summed E-state index contributed by atoms with van der Waals surface area (Å²) in [6.07, 6.45) is -2.82. The first-order valence-electron chi connectivity index (χ1n) is 5.57. The van der Waals surface area contributed by atoms with Gasteiger partial charge in [0.1, 0.15) is 10.8 Å². The van der Waals surface area contributed by atoms with Crippen molar-refractivity contribution in [3.63, 3.8) is 0 Å². The Labute approximate surface area is 118 Å². The Morgan fingerprint density at radius 2 is 1.80 bits per heavy atom. The summed E-state index contributed by atoms with van der Waals surface area (Å²) in [4.78, 5) is 4.23. The largest absolute Gasteiger partial charge is 0.416 e. The van der Waals surface area contributed by atoms with E-state index < -0.39 is 11.7 Å². The molecule has 0 spiro atoms. The summed E-state index contributed by atoms with van der Waals surface area (Å²) in [6.45, 7) is 0. The lowest BCUT2D eigenvalue weighted by Crippen LogP contribution is -2.12. The highest BCUT2D eigenvalue weighted by atomic mass is 32.1. The zero-order chi connectivity index (χ0) is 14.8. The standard InChI is InChI=1S/C13H10F3N3S/c14-13(15,16)8-3-5-9(6-4-8)19-12-10(11(17)20)2-1-7-18-12/h1-7H,(H2,17,20)(H,18,19). The molecule has 2 aromatic rings. The first kappa shape index (κ1) is 14.3. The number of aromatic nitrogens is 1. The van der Waals surface area contributed by atoms with Crippen molar-refractivity contribution in [3.05, 3.63) is 53.7 Å². The molecule has 0 atom stereocenters. The third kappa shape index (κ3) is 3.24. The van der Waals surface area contributed by atoms with Gasteiger partial charge in [0, 0.05) is 11.9 Å². The lowest BCUT2D eigenvalue weighted by atomic mass is 10.2. The van der Waals surface area contributed by atoms with Crippen molar-refractivity contribution in [2.24, 2.45) is 5.73 Å². The van der Waals surface area contributed by atoms with Crippen molar-refractivity contribution >= 4 is 28.7 Å². The molecule has 1 heterocycles. The number of nitrogens with two attached hydrogens (primary N) is 1. The van der Waals surface area contributed by atoms with E-state index in [0.29, 0.717) is 17.1 Å². The summed E-state index contributed by atoms with van der Waals surface area (Å²) in [5, 5.41) is 2.89. The summed E-state index contributed by atoms with van der Waals surface area (Å²) in [6, 6.07) is 7.98. The molecule has 2 rings (SSSR count). The van der Waals surface area contributed by atoms with Gasteiger partial charge in [0.15, 0.2) is 0 Å². The predicted molar refractivity (Wildman–Crippen MR) is 74.9 cm³/mol. The highest BCUT2D eigenvalue weighted by Gasteiger charge is 2.29. The molecular weight excluding hydrogens is 287 g/mol. The quantitative estimate of drug-likeness (QED) is 0.852. The van der Waals surface area contributed by atoms with Gasteiger partial charge in [-0.1, -0.05) is 12.2 Å². The van der Waals surface area contributed by atoms with Crippen LogP contribution in [0.25, 0.3) is 0 Å². The maximum absolute atomic E-state index is 12.5. The van der Waals surface area contributed by atoms with E-state index >= 15 is 0 Å². The van der Waals surface area contributed by atoms with E-state index in [4.69, 9.17) is 18.0 Å². The first-order valence-corrected chi connectivity index (χ1v) is 5.98. The summed E-state index contributed by atoms with van der Waals surface area (Å²) in [5.41, 5.74) is 5.84. The van der Waals surface area contributed by atoms with Gasteiger partial charge in [-0.2, -0.15) is 13.2 Å². The Morgan fingerprint density at radius 3 is 2.35 bits per heavy atom. The van der Waals surface area contributed by atoms with Crippen LogP contribution < -0.4 is 11.1 Å². The fraction of sp³-hybridized carbons (Fsp3) is 0.0769. The molecule has 0 unspecified atom stereocenters. The molecule has 0 amide bonds. The summed E-state index contributed by atoms with van der Waals surface area (Å²) >= 11 is 4.88. The van der Waals surface area contributed by atoms with E-state index in [1.165, 1.54) is 18.3 Å². The lowest BCUT2D eigenvalue weighted by molar-refractivity contribution is -0.137. The van der Waals surface area contributed by atoms with Crippen molar-refractivity contribution in [2.75, 3.05) is 5.32 Å². The van der Waals surface area contributed by atoms with Crippen LogP contribution in [-0.4, -0.2) is 9.97 Å². The third-order valence-electron chi connectivity index (χ3n) is 2.55. The molecule has 20 heavy (non-hydrogen) atoms. The number of nitrogens with one attached hydrogen (secondary N) is 1. The fourth-order valence-electron chi connectivity index (χ4n) is 1.58. The van der Waals surface area contributed by atoms with Gasteiger partial charge in [-0.05, 0) is 36.4 Å². The third-order valence-corrected chi connectivity index (χ3v) is 2.77. The van der Waals surface area contributed by atoms with Gasteiger partial charge >= 0.3 is 6.18 Å². The van der Waals surface area contributed by atoms with Gasteiger partial charge in [-0.15, -0.1) is 0 Å². The highest BCUT2D eigenvalue weighted by molar-refractivity contribution is 7.80. The molecule has 3 N–H and O–H groups in total. The monoisotopic (exact) mass is 297 g/mol. The normalized spacial score (nSPS) is 11.2. The van der Waals surface area contributed by atoms with Crippen LogP contribution in [0.5, 0.6) is 0 Å². The number of hydrogen-bond acceptors (Lipinski definition) is 3. The maximum Gasteiger partial charge on any atom is 0.416 e. The molecule has 0 aliphatic rings. The van der Waals surface area contributed by atoms with Crippen molar-refractivity contribution < 1.29 is 13.2 Å². The maximum atomic E-state index is 12.5. The predicted octanol–water partition coefficient (Wildman–Crippen LogP) is 3.48. The van der Waals surface area contributed by atoms with Crippen LogP contribution in [0.2, 0.25) is 0 Å². The highest BCUT2D eigenvalue weighted by Crippen LogP contribution is 2.30. The van der Waals surface area contributed by atoms with E-state index in [2.05, 4.69) is 10.3 Å². The Morgan fingerprint density at radius 1 is 1.15 bits per heavy atom. The Balaban J connectivity index is 2.25. The molecule has 0 aliphatic heterocycles. The average molecular weight is 297 g/mol. The van der Waals surface area contributed by atoms with E-state index in [-0.39, 0.29) is 4.99 Å². The molecule has 3 nitrogen and oxygen atoms in total. The summed E-state index contributed by atoms with van der Waals surface area (Å²) in [5.74, 6) is 0.403. The van der Waals surface area contributed by atoms with Crippen molar-refractivity contribution in [1.29, 1.82) is 0 Å². The Hall–Kier alpha value is -2.15. The van der Waals surface area contributed by atoms with Crippen molar-refractivity contribution in [1.82, 2.24) is 4.98 Å². The van der Waals surface area contributed by atoms with Crippen LogP contribution >= 0.6 is 12.2 Å². The van der Waals surface area contributed by atoms with Gasteiger partial charge in [0.2, 0.25) is 0 Å². The molecule has 0 radical (unpaired) electrons. The molecular formula is C13H10F3N3S. The summed E-state index contributed by atoms with van der Waals surface area (Å²) < 4.78 is 37.4. The zero-order valence-electron chi connectivity index (χ0n) is 10.1. The molecule has 0 bridgehead atoms. The van der Waals surface area contributed by atoms with E-state index in [9.17, 15) is 13.2 Å². The Kier molecular flexibility index (Phi) is 3.89. The number of alkyl halides is 3. The second-order valence-corrected chi connectivity index (χ2v) is 4.40. The number of anilines is 2. The molecule has 0 aliphatic carbocycles. The van der Waals surface area contributed by atoms with Crippen molar-refractivity contribution in [2.45, 2.75) is 6.18 Å². The van der Waals surface area contributed by atoms with Crippen LogP contribution in [0.4, 0.5) is 24.7 Å². The Bertz CT molecular complexity index is 624. The molecule has 0 saturated heterocycles. The topological polar surface area (TPSA) is 50.9 Å². The van der Waals surface area contributed by atoms with Gasteiger partial charge < -0.3 is 11.1 Å². The van der Waals surface area contributed by atoms with Crippen LogP contribution in [0.3, 0.4) is 0 Å². The van der Waals surface area contributed by atoms with Gasteiger partial charge in [-0.25, -0.2) is 4.98 Å².